The Bertz CT molecular complexity index is 950. The Morgan fingerprint density at radius 3 is 2.63 bits per heavy atom. The van der Waals surface area contributed by atoms with Crippen LogP contribution in [-0.2, 0) is 19.4 Å². The Morgan fingerprint density at radius 2 is 2.04 bits per heavy atom. The van der Waals surface area contributed by atoms with Crippen molar-refractivity contribution in [2.24, 2.45) is 0 Å². The molecule has 0 unspecified atom stereocenters. The molecule has 1 aromatic carbocycles. The van der Waals surface area contributed by atoms with E-state index >= 15 is 0 Å². The standard InChI is InChI=1S/C17H16N2O6S2/c1-25-13-4-2-11(3-5-13)8-14-16(21)19(17(22)26-14)9-15(20)18-12-6-7-27(23,24)10-12/h2-8,12H,9-10H2,1H3,(H,18,20)/b14-8+/t12-/m0/s1. The number of methoxy groups -OCH3 is 1. The summed E-state index contributed by atoms with van der Waals surface area (Å²) in [5, 5.41) is 2.97. The molecule has 142 valence electrons. The summed E-state index contributed by atoms with van der Waals surface area (Å²) in [6, 6.07) is 6.29. The number of rotatable bonds is 5. The zero-order valence-electron chi connectivity index (χ0n) is 14.2. The Morgan fingerprint density at radius 1 is 1.33 bits per heavy atom. The minimum atomic E-state index is -3.30. The molecule has 2 heterocycles. The van der Waals surface area contributed by atoms with Crippen LogP contribution in [0.15, 0.2) is 40.7 Å². The molecule has 1 fully saturated rings. The van der Waals surface area contributed by atoms with Crippen LogP contribution in [0, 0.1) is 0 Å². The second kappa shape index (κ2) is 7.57. The van der Waals surface area contributed by atoms with Gasteiger partial charge in [0.25, 0.3) is 11.1 Å². The van der Waals surface area contributed by atoms with Crippen molar-refractivity contribution in [2.45, 2.75) is 6.04 Å². The van der Waals surface area contributed by atoms with Gasteiger partial charge in [0.15, 0.2) is 9.84 Å². The number of benzene rings is 1. The molecule has 3 rings (SSSR count). The molecule has 0 aliphatic carbocycles. The summed E-state index contributed by atoms with van der Waals surface area (Å²) in [4.78, 5) is 37.6. The first-order valence-electron chi connectivity index (χ1n) is 7.87. The lowest BCUT2D eigenvalue weighted by Crippen LogP contribution is -2.43. The Balaban J connectivity index is 1.64. The molecule has 8 nitrogen and oxygen atoms in total. The number of thioether (sulfide) groups is 1. The summed E-state index contributed by atoms with van der Waals surface area (Å²) < 4.78 is 27.8. The highest BCUT2D eigenvalue weighted by Gasteiger charge is 2.36. The molecule has 0 saturated carbocycles. The molecule has 0 bridgehead atoms. The van der Waals surface area contributed by atoms with Crippen LogP contribution < -0.4 is 10.1 Å². The molecule has 0 aromatic heterocycles. The van der Waals surface area contributed by atoms with Crippen molar-refractivity contribution in [1.29, 1.82) is 0 Å². The molecule has 0 radical (unpaired) electrons. The lowest BCUT2D eigenvalue weighted by Gasteiger charge is -2.14. The maximum absolute atomic E-state index is 12.4. The van der Waals surface area contributed by atoms with E-state index in [-0.39, 0.29) is 10.7 Å². The van der Waals surface area contributed by atoms with Crippen molar-refractivity contribution < 1.29 is 27.5 Å². The van der Waals surface area contributed by atoms with Crippen molar-refractivity contribution in [2.75, 3.05) is 19.4 Å². The highest BCUT2D eigenvalue weighted by Crippen LogP contribution is 2.32. The smallest absolute Gasteiger partial charge is 0.294 e. The Hall–Kier alpha value is -2.59. The molecule has 0 spiro atoms. The predicted octanol–water partition coefficient (Wildman–Crippen LogP) is 1.16. The fraction of sp³-hybridized carbons (Fsp3) is 0.235. The maximum Gasteiger partial charge on any atom is 0.294 e. The summed E-state index contributed by atoms with van der Waals surface area (Å²) >= 11 is 0.748. The van der Waals surface area contributed by atoms with Crippen LogP contribution >= 0.6 is 11.8 Å². The van der Waals surface area contributed by atoms with E-state index in [9.17, 15) is 22.8 Å². The first kappa shape index (κ1) is 19.2. The summed E-state index contributed by atoms with van der Waals surface area (Å²) in [7, 11) is -1.76. The van der Waals surface area contributed by atoms with Crippen LogP contribution in [-0.4, -0.2) is 55.8 Å². The van der Waals surface area contributed by atoms with Crippen LogP contribution in [0.3, 0.4) is 0 Å². The third-order valence-electron chi connectivity index (χ3n) is 3.87. The van der Waals surface area contributed by atoms with E-state index in [1.807, 2.05) is 0 Å². The lowest BCUT2D eigenvalue weighted by molar-refractivity contribution is -0.129. The predicted molar refractivity (Wildman–Crippen MR) is 101 cm³/mol. The van der Waals surface area contributed by atoms with E-state index in [1.165, 1.54) is 6.08 Å². The fourth-order valence-electron chi connectivity index (χ4n) is 2.55. The molecule has 3 amide bonds. The van der Waals surface area contributed by atoms with Gasteiger partial charge < -0.3 is 10.1 Å². The third-order valence-corrected chi connectivity index (χ3v) is 6.17. The number of hydrogen-bond acceptors (Lipinski definition) is 7. The maximum atomic E-state index is 12.4. The summed E-state index contributed by atoms with van der Waals surface area (Å²) in [5.74, 6) is -0.724. The monoisotopic (exact) mass is 408 g/mol. The second-order valence-electron chi connectivity index (χ2n) is 5.87. The molecule has 2 aliphatic rings. The van der Waals surface area contributed by atoms with Gasteiger partial charge in [-0.1, -0.05) is 12.1 Å². The Kier molecular flexibility index (Phi) is 5.38. The number of sulfone groups is 1. The summed E-state index contributed by atoms with van der Waals surface area (Å²) in [6.45, 7) is -0.463. The van der Waals surface area contributed by atoms with Crippen molar-refractivity contribution in [1.82, 2.24) is 10.2 Å². The van der Waals surface area contributed by atoms with Gasteiger partial charge in [-0.2, -0.15) is 0 Å². The molecular formula is C17H16N2O6S2. The minimum Gasteiger partial charge on any atom is -0.497 e. The molecule has 1 N–H and O–H groups in total. The number of hydrogen-bond donors (Lipinski definition) is 1. The molecule has 1 aromatic rings. The van der Waals surface area contributed by atoms with Crippen molar-refractivity contribution in [3.05, 3.63) is 46.2 Å². The number of carbonyl (C=O) groups is 3. The van der Waals surface area contributed by atoms with Gasteiger partial charge in [0, 0.05) is 5.41 Å². The quantitative estimate of drug-likeness (QED) is 0.728. The lowest BCUT2D eigenvalue weighted by atomic mass is 10.2. The zero-order chi connectivity index (χ0) is 19.6. The van der Waals surface area contributed by atoms with Crippen molar-refractivity contribution in [3.8, 4) is 5.75 Å². The Labute approximate surface area is 160 Å². The van der Waals surface area contributed by atoms with E-state index in [1.54, 1.807) is 37.5 Å². The number of imide groups is 1. The minimum absolute atomic E-state index is 0.210. The number of nitrogens with one attached hydrogen (secondary N) is 1. The number of amides is 3. The van der Waals surface area contributed by atoms with Gasteiger partial charge in [-0.3, -0.25) is 19.3 Å². The van der Waals surface area contributed by atoms with Gasteiger partial charge in [-0.15, -0.1) is 0 Å². The molecule has 2 aliphatic heterocycles. The van der Waals surface area contributed by atoms with Crippen LogP contribution in [0.2, 0.25) is 0 Å². The first-order valence-corrected chi connectivity index (χ1v) is 10.4. The molecule has 10 heteroatoms. The van der Waals surface area contributed by atoms with E-state index in [0.29, 0.717) is 11.3 Å². The van der Waals surface area contributed by atoms with Crippen molar-refractivity contribution >= 4 is 44.7 Å². The van der Waals surface area contributed by atoms with Crippen LogP contribution in [0.5, 0.6) is 5.75 Å². The highest BCUT2D eigenvalue weighted by atomic mass is 32.2. The van der Waals surface area contributed by atoms with Gasteiger partial charge in [0.05, 0.1) is 23.8 Å². The normalized spacial score (nSPS) is 22.5. The number of ether oxygens (including phenoxy) is 1. The van der Waals surface area contributed by atoms with Gasteiger partial charge in [0.1, 0.15) is 12.3 Å². The van der Waals surface area contributed by atoms with E-state index < -0.39 is 39.5 Å². The molecule has 27 heavy (non-hydrogen) atoms. The number of nitrogens with zero attached hydrogens (tertiary/aromatic N) is 1. The fourth-order valence-corrected chi connectivity index (χ4v) is 4.62. The summed E-state index contributed by atoms with van der Waals surface area (Å²) in [6.07, 6.45) is 2.93. The zero-order valence-corrected chi connectivity index (χ0v) is 15.9. The van der Waals surface area contributed by atoms with E-state index in [4.69, 9.17) is 4.74 Å². The average Bonchev–Trinajstić information content (AvgIpc) is 3.09. The molecular weight excluding hydrogens is 392 g/mol. The van der Waals surface area contributed by atoms with Crippen LogP contribution in [0.25, 0.3) is 6.08 Å². The summed E-state index contributed by atoms with van der Waals surface area (Å²) in [5.41, 5.74) is 0.715. The van der Waals surface area contributed by atoms with Crippen LogP contribution in [0.1, 0.15) is 5.56 Å². The van der Waals surface area contributed by atoms with Gasteiger partial charge in [-0.25, -0.2) is 8.42 Å². The van der Waals surface area contributed by atoms with Gasteiger partial charge in [0.2, 0.25) is 5.91 Å². The molecule has 1 saturated heterocycles. The van der Waals surface area contributed by atoms with Gasteiger partial charge in [-0.05, 0) is 41.6 Å². The second-order valence-corrected chi connectivity index (χ2v) is 8.80. The van der Waals surface area contributed by atoms with Crippen molar-refractivity contribution in [3.63, 3.8) is 0 Å². The molecule has 1 atom stereocenters. The van der Waals surface area contributed by atoms with E-state index in [2.05, 4.69) is 5.32 Å². The van der Waals surface area contributed by atoms with E-state index in [0.717, 1.165) is 22.1 Å². The topological polar surface area (TPSA) is 110 Å². The van der Waals surface area contributed by atoms with Gasteiger partial charge >= 0.3 is 0 Å². The average molecular weight is 408 g/mol. The first-order chi connectivity index (χ1) is 12.8. The number of carbonyl (C=O) groups excluding carboxylic acids is 3. The SMILES string of the molecule is COc1ccc(/C=C2/SC(=O)N(CC(=O)N[C@H]3C=CS(=O)(=O)C3)C2=O)cc1. The van der Waals surface area contributed by atoms with Crippen LogP contribution in [0.4, 0.5) is 4.79 Å². The largest absolute Gasteiger partial charge is 0.497 e. The highest BCUT2D eigenvalue weighted by molar-refractivity contribution is 8.18. The third kappa shape index (κ3) is 4.58.